The van der Waals surface area contributed by atoms with E-state index >= 15 is 0 Å². The van der Waals surface area contributed by atoms with Crippen LogP contribution in [0.3, 0.4) is 0 Å². The first-order chi connectivity index (χ1) is 12.9. The molecule has 0 spiro atoms. The van der Waals surface area contributed by atoms with Gasteiger partial charge in [-0.15, -0.1) is 12.4 Å². The van der Waals surface area contributed by atoms with Crippen LogP contribution < -0.4 is 15.4 Å². The normalized spacial score (nSPS) is 10.8. The van der Waals surface area contributed by atoms with E-state index in [2.05, 4.69) is 15.4 Å². The lowest BCUT2D eigenvalue weighted by atomic mass is 10.2. The summed E-state index contributed by atoms with van der Waals surface area (Å²) in [6.07, 6.45) is 0. The van der Waals surface area contributed by atoms with Gasteiger partial charge >= 0.3 is 0 Å². The lowest BCUT2D eigenvalue weighted by Crippen LogP contribution is -2.33. The van der Waals surface area contributed by atoms with Crippen LogP contribution in [0.15, 0.2) is 53.4 Å². The van der Waals surface area contributed by atoms with Crippen LogP contribution in [0.2, 0.25) is 0 Å². The Balaban J connectivity index is 0.00000392. The van der Waals surface area contributed by atoms with Gasteiger partial charge in [0.15, 0.2) is 0 Å². The summed E-state index contributed by atoms with van der Waals surface area (Å²) in [7, 11) is -2.21. The highest BCUT2D eigenvalue weighted by Crippen LogP contribution is 2.17. The number of rotatable bonds is 10. The highest BCUT2D eigenvalue weighted by atomic mass is 35.5. The van der Waals surface area contributed by atoms with Gasteiger partial charge in [-0.05, 0) is 48.5 Å². The van der Waals surface area contributed by atoms with E-state index in [1.165, 1.54) is 36.4 Å². The number of amides is 1. The first kappa shape index (κ1) is 23.8. The van der Waals surface area contributed by atoms with E-state index in [0.717, 1.165) is 12.1 Å². The number of sulfonamides is 1. The monoisotopic (exact) mass is 431 g/mol. The third-order valence-corrected chi connectivity index (χ3v) is 4.99. The van der Waals surface area contributed by atoms with Gasteiger partial charge in [-0.1, -0.05) is 0 Å². The Kier molecular flexibility index (Phi) is 9.88. The molecule has 7 nitrogen and oxygen atoms in total. The quantitative estimate of drug-likeness (QED) is 0.500. The second kappa shape index (κ2) is 11.6. The van der Waals surface area contributed by atoms with Crippen molar-refractivity contribution in [2.75, 3.05) is 38.1 Å². The molecule has 0 aromatic heterocycles. The summed E-state index contributed by atoms with van der Waals surface area (Å²) < 4.78 is 44.8. The van der Waals surface area contributed by atoms with Crippen LogP contribution in [0.1, 0.15) is 10.4 Å². The van der Waals surface area contributed by atoms with Crippen molar-refractivity contribution in [2.45, 2.75) is 4.90 Å². The summed E-state index contributed by atoms with van der Waals surface area (Å²) in [6.45, 7) is 2.33. The third kappa shape index (κ3) is 7.43. The fraction of sp³-hybridized carbons (Fsp3) is 0.278. The molecule has 0 atom stereocenters. The SMILES string of the molecule is COCCNCCNC(=O)c1ccc(S(=O)(=O)Nc2ccc(F)cc2)cc1.Cl. The van der Waals surface area contributed by atoms with Gasteiger partial charge in [0, 0.05) is 38.0 Å². The van der Waals surface area contributed by atoms with E-state index in [0.29, 0.717) is 31.8 Å². The molecule has 1 amide bonds. The van der Waals surface area contributed by atoms with Crippen molar-refractivity contribution in [3.8, 4) is 0 Å². The summed E-state index contributed by atoms with van der Waals surface area (Å²) in [5.41, 5.74) is 0.604. The molecule has 3 N–H and O–H groups in total. The number of halogens is 2. The molecular formula is C18H23ClFN3O4S. The van der Waals surface area contributed by atoms with Crippen LogP contribution >= 0.6 is 12.4 Å². The molecule has 0 aliphatic heterocycles. The predicted octanol–water partition coefficient (Wildman–Crippen LogP) is 2.01. The minimum absolute atomic E-state index is 0. The van der Waals surface area contributed by atoms with Crippen LogP contribution in [-0.4, -0.2) is 47.7 Å². The van der Waals surface area contributed by atoms with Crippen molar-refractivity contribution >= 4 is 34.0 Å². The van der Waals surface area contributed by atoms with Crippen molar-refractivity contribution in [3.63, 3.8) is 0 Å². The van der Waals surface area contributed by atoms with Crippen LogP contribution in [-0.2, 0) is 14.8 Å². The smallest absolute Gasteiger partial charge is 0.261 e. The maximum absolute atomic E-state index is 12.9. The van der Waals surface area contributed by atoms with Crippen LogP contribution in [0.25, 0.3) is 0 Å². The van der Waals surface area contributed by atoms with Crippen molar-refractivity contribution in [3.05, 3.63) is 59.9 Å². The maximum atomic E-state index is 12.9. The molecular weight excluding hydrogens is 409 g/mol. The zero-order valence-corrected chi connectivity index (χ0v) is 16.9. The first-order valence-electron chi connectivity index (χ1n) is 8.29. The van der Waals surface area contributed by atoms with E-state index < -0.39 is 15.8 Å². The zero-order valence-electron chi connectivity index (χ0n) is 15.3. The standard InChI is InChI=1S/C18H22FN3O4S.ClH/c1-26-13-12-20-10-11-21-18(23)14-2-8-17(9-3-14)27(24,25)22-16-6-4-15(19)5-7-16;/h2-9,20,22H,10-13H2,1H3,(H,21,23);1H. The summed E-state index contributed by atoms with van der Waals surface area (Å²) in [6, 6.07) is 10.5. The molecule has 2 rings (SSSR count). The summed E-state index contributed by atoms with van der Waals surface area (Å²) in [5.74, 6) is -0.749. The number of nitrogens with one attached hydrogen (secondary N) is 3. The van der Waals surface area contributed by atoms with Crippen molar-refractivity contribution in [1.82, 2.24) is 10.6 Å². The second-order valence-electron chi connectivity index (χ2n) is 5.64. The van der Waals surface area contributed by atoms with Gasteiger partial charge < -0.3 is 15.4 Å². The van der Waals surface area contributed by atoms with Gasteiger partial charge in [-0.3, -0.25) is 9.52 Å². The van der Waals surface area contributed by atoms with Crippen LogP contribution in [0, 0.1) is 5.82 Å². The Morgan fingerprint density at radius 1 is 1.00 bits per heavy atom. The number of carbonyl (C=O) groups excluding carboxylic acids is 1. The van der Waals surface area contributed by atoms with Gasteiger partial charge in [-0.2, -0.15) is 0 Å². The Bertz CT molecular complexity index is 846. The lowest BCUT2D eigenvalue weighted by molar-refractivity contribution is 0.0953. The van der Waals surface area contributed by atoms with E-state index in [-0.39, 0.29) is 28.9 Å². The van der Waals surface area contributed by atoms with Gasteiger partial charge in [0.05, 0.1) is 11.5 Å². The molecule has 28 heavy (non-hydrogen) atoms. The predicted molar refractivity (Wildman–Crippen MR) is 108 cm³/mol. The molecule has 154 valence electrons. The Labute approximate surface area is 170 Å². The molecule has 0 radical (unpaired) electrons. The molecule has 0 saturated carbocycles. The fourth-order valence-corrected chi connectivity index (χ4v) is 3.24. The highest BCUT2D eigenvalue weighted by molar-refractivity contribution is 7.92. The molecule has 0 aliphatic carbocycles. The zero-order chi connectivity index (χ0) is 19.7. The minimum atomic E-state index is -3.82. The third-order valence-electron chi connectivity index (χ3n) is 3.59. The van der Waals surface area contributed by atoms with Crippen LogP contribution in [0.5, 0.6) is 0 Å². The van der Waals surface area contributed by atoms with Gasteiger partial charge in [0.1, 0.15) is 5.82 Å². The number of benzene rings is 2. The molecule has 0 fully saturated rings. The average molecular weight is 432 g/mol. The maximum Gasteiger partial charge on any atom is 0.261 e. The van der Waals surface area contributed by atoms with E-state index in [1.807, 2.05) is 0 Å². The topological polar surface area (TPSA) is 96.5 Å². The van der Waals surface area contributed by atoms with E-state index in [4.69, 9.17) is 4.74 Å². The van der Waals surface area contributed by atoms with Crippen molar-refractivity contribution in [2.24, 2.45) is 0 Å². The number of carbonyl (C=O) groups is 1. The molecule has 0 unspecified atom stereocenters. The number of anilines is 1. The lowest BCUT2D eigenvalue weighted by Gasteiger charge is -2.09. The van der Waals surface area contributed by atoms with Crippen molar-refractivity contribution in [1.29, 1.82) is 0 Å². The van der Waals surface area contributed by atoms with Crippen LogP contribution in [0.4, 0.5) is 10.1 Å². The molecule has 10 heteroatoms. The van der Waals surface area contributed by atoms with Gasteiger partial charge in [0.2, 0.25) is 0 Å². The molecule has 0 bridgehead atoms. The Morgan fingerprint density at radius 3 is 2.25 bits per heavy atom. The minimum Gasteiger partial charge on any atom is -0.383 e. The van der Waals surface area contributed by atoms with Gasteiger partial charge in [-0.25, -0.2) is 12.8 Å². The highest BCUT2D eigenvalue weighted by Gasteiger charge is 2.15. The number of methoxy groups -OCH3 is 1. The second-order valence-corrected chi connectivity index (χ2v) is 7.32. The Hall–Kier alpha value is -2.20. The number of ether oxygens (including phenoxy) is 1. The van der Waals surface area contributed by atoms with Gasteiger partial charge in [0.25, 0.3) is 15.9 Å². The van der Waals surface area contributed by atoms with E-state index in [1.54, 1.807) is 7.11 Å². The largest absolute Gasteiger partial charge is 0.383 e. The molecule has 2 aromatic rings. The molecule has 0 heterocycles. The average Bonchev–Trinajstić information content (AvgIpc) is 2.66. The molecule has 0 aliphatic rings. The summed E-state index contributed by atoms with van der Waals surface area (Å²) in [4.78, 5) is 12.1. The molecule has 2 aromatic carbocycles. The summed E-state index contributed by atoms with van der Waals surface area (Å²) in [5, 5.41) is 5.83. The number of hydrogen-bond acceptors (Lipinski definition) is 5. The first-order valence-corrected chi connectivity index (χ1v) is 9.77. The fourth-order valence-electron chi connectivity index (χ4n) is 2.18. The Morgan fingerprint density at radius 2 is 1.64 bits per heavy atom. The molecule has 0 saturated heterocycles. The van der Waals surface area contributed by atoms with E-state index in [9.17, 15) is 17.6 Å². The summed E-state index contributed by atoms with van der Waals surface area (Å²) >= 11 is 0. The number of hydrogen-bond donors (Lipinski definition) is 3. The van der Waals surface area contributed by atoms with Crippen molar-refractivity contribution < 1.29 is 22.3 Å².